The lowest BCUT2D eigenvalue weighted by atomic mass is 9.97. The highest BCUT2D eigenvalue weighted by Crippen LogP contribution is 2.18. The zero-order chi connectivity index (χ0) is 20.5. The van der Waals surface area contributed by atoms with Gasteiger partial charge in [-0.2, -0.15) is 0 Å². The molecule has 8 heteroatoms. The highest BCUT2D eigenvalue weighted by Gasteiger charge is 2.27. The predicted molar refractivity (Wildman–Crippen MR) is 102 cm³/mol. The van der Waals surface area contributed by atoms with Crippen LogP contribution in [0.15, 0.2) is 24.3 Å². The van der Waals surface area contributed by atoms with Crippen LogP contribution in [0.1, 0.15) is 25.7 Å². The van der Waals surface area contributed by atoms with Gasteiger partial charge in [-0.15, -0.1) is 0 Å². The van der Waals surface area contributed by atoms with Crippen LogP contribution >= 0.6 is 0 Å². The minimum absolute atomic E-state index is 0.00983. The number of likely N-dealkylation sites (tertiary alicyclic amines) is 1. The number of piperidine rings is 1. The molecular formula is C20H28N2O6. The molecule has 0 aliphatic carbocycles. The quantitative estimate of drug-likeness (QED) is 0.642. The summed E-state index contributed by atoms with van der Waals surface area (Å²) < 4.78 is 10.7. The van der Waals surface area contributed by atoms with Crippen LogP contribution in [0.3, 0.4) is 0 Å². The first-order chi connectivity index (χ1) is 13.4. The van der Waals surface area contributed by atoms with Crippen molar-refractivity contribution < 1.29 is 29.0 Å². The number of amides is 2. The van der Waals surface area contributed by atoms with Crippen molar-refractivity contribution in [1.29, 1.82) is 0 Å². The Morgan fingerprint density at radius 3 is 2.32 bits per heavy atom. The lowest BCUT2D eigenvalue weighted by molar-refractivity contribution is -0.146. The lowest BCUT2D eigenvalue weighted by Gasteiger charge is -2.31. The van der Waals surface area contributed by atoms with Crippen molar-refractivity contribution in [3.05, 3.63) is 24.3 Å². The van der Waals surface area contributed by atoms with E-state index in [0.29, 0.717) is 51.1 Å². The van der Waals surface area contributed by atoms with Crippen LogP contribution in [-0.4, -0.2) is 73.1 Å². The Kier molecular flexibility index (Phi) is 8.10. The van der Waals surface area contributed by atoms with Gasteiger partial charge in [0.25, 0.3) is 0 Å². The molecule has 0 spiro atoms. The van der Waals surface area contributed by atoms with Crippen LogP contribution in [0.5, 0.6) is 11.5 Å². The van der Waals surface area contributed by atoms with Crippen molar-refractivity contribution in [3.8, 4) is 11.5 Å². The zero-order valence-corrected chi connectivity index (χ0v) is 16.4. The van der Waals surface area contributed by atoms with E-state index in [1.165, 1.54) is 4.90 Å². The molecule has 1 fully saturated rings. The van der Waals surface area contributed by atoms with E-state index in [-0.39, 0.29) is 24.3 Å². The maximum atomic E-state index is 12.3. The van der Waals surface area contributed by atoms with Gasteiger partial charge in [0.1, 0.15) is 11.5 Å². The van der Waals surface area contributed by atoms with E-state index in [2.05, 4.69) is 0 Å². The lowest BCUT2D eigenvalue weighted by Crippen LogP contribution is -2.45. The number of carboxylic acids is 1. The van der Waals surface area contributed by atoms with Crippen LogP contribution < -0.4 is 9.47 Å². The molecule has 1 aromatic carbocycles. The third-order valence-corrected chi connectivity index (χ3v) is 4.86. The van der Waals surface area contributed by atoms with E-state index in [0.717, 1.165) is 5.75 Å². The average molecular weight is 392 g/mol. The largest absolute Gasteiger partial charge is 0.497 e. The molecule has 1 N–H and O–H groups in total. The topological polar surface area (TPSA) is 96.4 Å². The number of ether oxygens (including phenoxy) is 2. The van der Waals surface area contributed by atoms with Gasteiger partial charge >= 0.3 is 5.97 Å². The number of likely N-dealkylation sites (N-methyl/N-ethyl adjacent to an activating group) is 1. The summed E-state index contributed by atoms with van der Waals surface area (Å²) >= 11 is 0. The second-order valence-corrected chi connectivity index (χ2v) is 6.87. The molecular weight excluding hydrogens is 364 g/mol. The number of nitrogens with zero attached hydrogens (tertiary/aromatic N) is 2. The third kappa shape index (κ3) is 6.44. The molecule has 1 saturated heterocycles. The summed E-state index contributed by atoms with van der Waals surface area (Å²) in [5.74, 6) is 0.00851. The summed E-state index contributed by atoms with van der Waals surface area (Å²) in [5, 5.41) is 9.01. The van der Waals surface area contributed by atoms with Gasteiger partial charge in [-0.1, -0.05) is 0 Å². The maximum Gasteiger partial charge on any atom is 0.306 e. The molecule has 2 rings (SSSR count). The Bertz CT molecular complexity index is 668. The number of benzene rings is 1. The van der Waals surface area contributed by atoms with Crippen LogP contribution in [0.4, 0.5) is 0 Å². The number of aliphatic carboxylic acids is 1. The van der Waals surface area contributed by atoms with Gasteiger partial charge in [-0.05, 0) is 43.5 Å². The minimum Gasteiger partial charge on any atom is -0.497 e. The Hall–Kier alpha value is -2.77. The molecule has 0 aromatic heterocycles. The molecule has 28 heavy (non-hydrogen) atoms. The fourth-order valence-electron chi connectivity index (χ4n) is 3.04. The number of carboxylic acid groups (broad SMARTS) is 1. The van der Waals surface area contributed by atoms with E-state index < -0.39 is 5.97 Å². The van der Waals surface area contributed by atoms with Crippen molar-refractivity contribution in [2.45, 2.75) is 25.7 Å². The molecule has 154 valence electrons. The highest BCUT2D eigenvalue weighted by molar-refractivity contribution is 5.84. The second-order valence-electron chi connectivity index (χ2n) is 6.87. The van der Waals surface area contributed by atoms with Crippen LogP contribution in [0.25, 0.3) is 0 Å². The molecule has 0 bridgehead atoms. The van der Waals surface area contributed by atoms with Gasteiger partial charge < -0.3 is 24.4 Å². The number of carbonyl (C=O) groups excluding carboxylic acids is 2. The smallest absolute Gasteiger partial charge is 0.306 e. The monoisotopic (exact) mass is 392 g/mol. The van der Waals surface area contributed by atoms with Crippen molar-refractivity contribution >= 4 is 17.8 Å². The standard InChI is InChI=1S/C20H28N2O6/c1-21(14-19(24)22-11-9-15(10-12-22)20(25)26)18(23)4-3-13-28-17-7-5-16(27-2)6-8-17/h5-8,15H,3-4,9-14H2,1-2H3,(H,25,26). The van der Waals surface area contributed by atoms with Crippen molar-refractivity contribution in [1.82, 2.24) is 9.80 Å². The fraction of sp³-hybridized carbons (Fsp3) is 0.550. The summed E-state index contributed by atoms with van der Waals surface area (Å²) in [6.45, 7) is 1.26. The van der Waals surface area contributed by atoms with Crippen LogP contribution in [-0.2, 0) is 14.4 Å². The molecule has 1 aliphatic heterocycles. The number of carbonyl (C=O) groups is 3. The van der Waals surface area contributed by atoms with Crippen molar-refractivity contribution in [2.75, 3.05) is 40.4 Å². The normalized spacial score (nSPS) is 14.4. The summed E-state index contributed by atoms with van der Waals surface area (Å²) in [7, 11) is 3.20. The second kappa shape index (κ2) is 10.5. The van der Waals surface area contributed by atoms with E-state index in [4.69, 9.17) is 14.6 Å². The minimum atomic E-state index is -0.809. The molecule has 1 aliphatic rings. The Balaban J connectivity index is 1.65. The molecule has 0 radical (unpaired) electrons. The van der Waals surface area contributed by atoms with Gasteiger partial charge in [0, 0.05) is 26.6 Å². The molecule has 0 unspecified atom stereocenters. The van der Waals surface area contributed by atoms with Crippen molar-refractivity contribution in [3.63, 3.8) is 0 Å². The van der Waals surface area contributed by atoms with Gasteiger partial charge in [0.05, 0.1) is 26.2 Å². The number of methoxy groups -OCH3 is 1. The highest BCUT2D eigenvalue weighted by atomic mass is 16.5. The van der Waals surface area contributed by atoms with E-state index >= 15 is 0 Å². The number of hydrogen-bond donors (Lipinski definition) is 1. The van der Waals surface area contributed by atoms with Crippen LogP contribution in [0, 0.1) is 5.92 Å². The van der Waals surface area contributed by atoms with E-state index in [9.17, 15) is 14.4 Å². The Morgan fingerprint density at radius 1 is 1.14 bits per heavy atom. The summed E-state index contributed by atoms with van der Waals surface area (Å²) in [6, 6.07) is 7.22. The molecule has 2 amide bonds. The Labute approximate surface area is 165 Å². The molecule has 0 saturated carbocycles. The number of rotatable bonds is 9. The molecule has 1 aromatic rings. The average Bonchev–Trinajstić information content (AvgIpc) is 2.71. The van der Waals surface area contributed by atoms with Crippen LogP contribution in [0.2, 0.25) is 0 Å². The number of hydrogen-bond acceptors (Lipinski definition) is 5. The van der Waals surface area contributed by atoms with Gasteiger partial charge in [-0.25, -0.2) is 0 Å². The van der Waals surface area contributed by atoms with E-state index in [1.807, 2.05) is 0 Å². The van der Waals surface area contributed by atoms with Gasteiger partial charge in [0.2, 0.25) is 11.8 Å². The first-order valence-corrected chi connectivity index (χ1v) is 9.42. The van der Waals surface area contributed by atoms with Crippen molar-refractivity contribution in [2.24, 2.45) is 5.92 Å². The van der Waals surface area contributed by atoms with Gasteiger partial charge in [-0.3, -0.25) is 14.4 Å². The summed E-state index contributed by atoms with van der Waals surface area (Å²) in [4.78, 5) is 38.5. The van der Waals surface area contributed by atoms with Gasteiger partial charge in [0.15, 0.2) is 0 Å². The zero-order valence-electron chi connectivity index (χ0n) is 16.4. The molecule has 0 atom stereocenters. The first kappa shape index (κ1) is 21.5. The summed E-state index contributed by atoms with van der Waals surface area (Å²) in [6.07, 6.45) is 1.76. The molecule has 1 heterocycles. The Morgan fingerprint density at radius 2 is 1.75 bits per heavy atom. The maximum absolute atomic E-state index is 12.3. The SMILES string of the molecule is COc1ccc(OCCCC(=O)N(C)CC(=O)N2CCC(C(=O)O)CC2)cc1. The summed E-state index contributed by atoms with van der Waals surface area (Å²) in [5.41, 5.74) is 0. The molecule has 8 nitrogen and oxygen atoms in total. The van der Waals surface area contributed by atoms with E-state index in [1.54, 1.807) is 43.3 Å². The third-order valence-electron chi connectivity index (χ3n) is 4.86. The predicted octanol–water partition coefficient (Wildman–Crippen LogP) is 1.64. The fourth-order valence-corrected chi connectivity index (χ4v) is 3.04. The first-order valence-electron chi connectivity index (χ1n) is 9.42.